The van der Waals surface area contributed by atoms with E-state index in [1.165, 1.54) is 58.9 Å². The molecule has 0 aliphatic heterocycles. The van der Waals surface area contributed by atoms with Gasteiger partial charge in [0.25, 0.3) is 0 Å². The van der Waals surface area contributed by atoms with Crippen molar-refractivity contribution in [3.05, 3.63) is 0 Å². The fraction of sp³-hybridized carbons (Fsp3) is 1.00. The zero-order valence-electron chi connectivity index (χ0n) is 18.9. The molecule has 0 aliphatic rings. The topological polar surface area (TPSA) is 70.4 Å². The highest BCUT2D eigenvalue weighted by molar-refractivity contribution is 8.06. The first-order chi connectivity index (χ1) is 12.0. The van der Waals surface area contributed by atoms with Gasteiger partial charge < -0.3 is 29.4 Å². The predicted octanol–water partition coefficient (Wildman–Crippen LogP) is 3.23. The quantitative estimate of drug-likeness (QED) is 0.498. The summed E-state index contributed by atoms with van der Waals surface area (Å²) in [7, 11) is 0. The van der Waals surface area contributed by atoms with Gasteiger partial charge in [-0.05, 0) is 70.7 Å². The van der Waals surface area contributed by atoms with Crippen LogP contribution in [0.25, 0.3) is 0 Å². The van der Waals surface area contributed by atoms with Gasteiger partial charge in [-0.25, -0.2) is 0 Å². The van der Waals surface area contributed by atoms with Gasteiger partial charge in [0.05, 0.1) is 0 Å². The summed E-state index contributed by atoms with van der Waals surface area (Å²) in [5, 5.41) is 0. The van der Waals surface area contributed by atoms with Crippen LogP contribution in [0.5, 0.6) is 0 Å². The summed E-state index contributed by atoms with van der Waals surface area (Å²) in [5.41, 5.74) is 0. The summed E-state index contributed by atoms with van der Waals surface area (Å²) in [6, 6.07) is 0. The Bertz CT molecular complexity index is 230. The zero-order chi connectivity index (χ0) is 21.6. The van der Waals surface area contributed by atoms with Gasteiger partial charge in [0.2, 0.25) is 0 Å². The molecule has 0 aromatic rings. The molecule has 0 atom stereocenters. The lowest BCUT2D eigenvalue weighted by molar-refractivity contribution is 0.321. The van der Waals surface area contributed by atoms with Crippen molar-refractivity contribution in [1.29, 1.82) is 0 Å². The molecule has 26 heavy (non-hydrogen) atoms. The molecule has 0 aromatic heterocycles. The molecule has 164 valence electrons. The third-order valence-electron chi connectivity index (χ3n) is 4.02. The van der Waals surface area contributed by atoms with E-state index in [0.29, 0.717) is 0 Å². The highest BCUT2D eigenvalue weighted by atomic mass is 32.5. The van der Waals surface area contributed by atoms with Gasteiger partial charge >= 0.3 is 6.72 Å². The van der Waals surface area contributed by atoms with E-state index in [0.717, 1.165) is 0 Å². The van der Waals surface area contributed by atoms with Crippen molar-refractivity contribution in [3.8, 4) is 0 Å². The van der Waals surface area contributed by atoms with Crippen LogP contribution in [0.1, 0.15) is 62.3 Å². The van der Waals surface area contributed by atoms with E-state index in [1.807, 2.05) is 0 Å². The minimum absolute atomic E-state index is 1.19. The SMILES string of the molecule is CCN(CC)CC.CCN(CC)CC.CCN(CC)CC.OP(O)(O)=S. The molecule has 8 heteroatoms. The largest absolute Gasteiger partial charge is 0.325 e. The van der Waals surface area contributed by atoms with Crippen molar-refractivity contribution in [3.63, 3.8) is 0 Å². The molecule has 0 saturated carbocycles. The second kappa shape index (κ2) is 25.4. The van der Waals surface area contributed by atoms with E-state index >= 15 is 0 Å². The fourth-order valence-electron chi connectivity index (χ4n) is 2.01. The molecule has 0 saturated heterocycles. The Balaban J connectivity index is -0.000000125. The second-order valence-corrected chi connectivity index (χ2v) is 7.87. The zero-order valence-corrected chi connectivity index (χ0v) is 20.6. The van der Waals surface area contributed by atoms with Crippen molar-refractivity contribution >= 4 is 18.5 Å². The Morgan fingerprint density at radius 3 is 0.538 bits per heavy atom. The van der Waals surface area contributed by atoms with Gasteiger partial charge in [0.1, 0.15) is 0 Å². The highest BCUT2D eigenvalue weighted by Crippen LogP contribution is 2.26. The minimum atomic E-state index is -3.81. The van der Waals surface area contributed by atoms with Crippen LogP contribution >= 0.6 is 6.72 Å². The Hall–Kier alpha value is 0.410. The van der Waals surface area contributed by atoms with Gasteiger partial charge in [-0.2, -0.15) is 0 Å². The molecule has 0 amide bonds. The average molecular weight is 418 g/mol. The monoisotopic (exact) mass is 417 g/mol. The lowest BCUT2D eigenvalue weighted by atomic mass is 10.5. The number of hydrogen-bond donors (Lipinski definition) is 3. The molecule has 6 nitrogen and oxygen atoms in total. The molecule has 0 aromatic carbocycles. The van der Waals surface area contributed by atoms with Crippen molar-refractivity contribution in [1.82, 2.24) is 14.7 Å². The lowest BCUT2D eigenvalue weighted by Crippen LogP contribution is -2.21. The van der Waals surface area contributed by atoms with E-state index in [4.69, 9.17) is 14.7 Å². The fourth-order valence-corrected chi connectivity index (χ4v) is 2.01. The van der Waals surface area contributed by atoms with Crippen LogP contribution in [0.2, 0.25) is 0 Å². The van der Waals surface area contributed by atoms with E-state index < -0.39 is 6.72 Å². The Morgan fingerprint density at radius 1 is 0.462 bits per heavy atom. The molecule has 3 N–H and O–H groups in total. The van der Waals surface area contributed by atoms with E-state index in [1.54, 1.807) is 0 Å². The predicted molar refractivity (Wildman–Crippen MR) is 121 cm³/mol. The number of rotatable bonds is 9. The lowest BCUT2D eigenvalue weighted by Gasteiger charge is -2.13. The minimum Gasteiger partial charge on any atom is -0.325 e. The van der Waals surface area contributed by atoms with Gasteiger partial charge in [0, 0.05) is 0 Å². The van der Waals surface area contributed by atoms with E-state index in [-0.39, 0.29) is 0 Å². The molecular weight excluding hydrogens is 369 g/mol. The van der Waals surface area contributed by atoms with Crippen molar-refractivity contribution in [2.45, 2.75) is 62.3 Å². The number of hydrogen-bond acceptors (Lipinski definition) is 4. The second-order valence-electron chi connectivity index (χ2n) is 5.37. The van der Waals surface area contributed by atoms with Crippen molar-refractivity contribution in [2.75, 3.05) is 58.9 Å². The maximum Gasteiger partial charge on any atom is 0.319 e. The maximum atomic E-state index is 7.56. The molecule has 0 aliphatic carbocycles. The van der Waals surface area contributed by atoms with Gasteiger partial charge in [-0.15, -0.1) is 0 Å². The maximum absolute atomic E-state index is 7.56. The van der Waals surface area contributed by atoms with Crippen LogP contribution in [-0.4, -0.2) is 88.3 Å². The molecule has 0 rings (SSSR count). The smallest absolute Gasteiger partial charge is 0.319 e. The number of nitrogens with zero attached hydrogens (tertiary/aromatic N) is 3. The van der Waals surface area contributed by atoms with Crippen LogP contribution in [0.15, 0.2) is 0 Å². The third-order valence-corrected chi connectivity index (χ3v) is 4.02. The normalized spacial score (nSPS) is 10.6. The third kappa shape index (κ3) is 39.5. The van der Waals surface area contributed by atoms with Crippen LogP contribution < -0.4 is 0 Å². The van der Waals surface area contributed by atoms with E-state index in [9.17, 15) is 0 Å². The summed E-state index contributed by atoms with van der Waals surface area (Å²) in [6.07, 6.45) is 0. The molecular formula is C18H48N3O3PS. The first-order valence-electron chi connectivity index (χ1n) is 9.99. The summed E-state index contributed by atoms with van der Waals surface area (Å²) in [6.45, 7) is 26.6. The molecule has 0 unspecified atom stereocenters. The Morgan fingerprint density at radius 2 is 0.538 bits per heavy atom. The molecule has 0 radical (unpaired) electrons. The molecule has 0 bridgehead atoms. The van der Waals surface area contributed by atoms with Gasteiger partial charge in [-0.1, -0.05) is 62.3 Å². The molecule has 0 spiro atoms. The average Bonchev–Trinajstić information content (AvgIpc) is 2.59. The standard InChI is InChI=1S/3C6H15N.H3O3PS/c3*1-4-7(5-2)6-3;1-4(2,3)5/h3*4-6H2,1-3H3;(H3,1,2,3,5). The van der Waals surface area contributed by atoms with Crippen LogP contribution in [0.4, 0.5) is 0 Å². The van der Waals surface area contributed by atoms with Crippen molar-refractivity contribution in [2.24, 2.45) is 0 Å². The van der Waals surface area contributed by atoms with Crippen LogP contribution in [0.3, 0.4) is 0 Å². The Labute approximate surface area is 169 Å². The van der Waals surface area contributed by atoms with Gasteiger partial charge in [0.15, 0.2) is 0 Å². The summed E-state index contributed by atoms with van der Waals surface area (Å²) >= 11 is 3.60. The molecule has 0 heterocycles. The van der Waals surface area contributed by atoms with Crippen molar-refractivity contribution < 1.29 is 14.7 Å². The first kappa shape index (κ1) is 34.0. The Kier molecular flexibility index (Phi) is 33.2. The van der Waals surface area contributed by atoms with E-state index in [2.05, 4.69) is 88.8 Å². The first-order valence-corrected chi connectivity index (χ1v) is 12.7. The summed E-state index contributed by atoms with van der Waals surface area (Å²) in [5.74, 6) is 0. The summed E-state index contributed by atoms with van der Waals surface area (Å²) in [4.78, 5) is 29.8. The van der Waals surface area contributed by atoms with Gasteiger partial charge in [-0.3, -0.25) is 0 Å². The van der Waals surface area contributed by atoms with Crippen LogP contribution in [0, 0.1) is 0 Å². The summed E-state index contributed by atoms with van der Waals surface area (Å²) < 4.78 is 0. The highest BCUT2D eigenvalue weighted by Gasteiger charge is 1.92. The molecule has 0 fully saturated rings. The van der Waals surface area contributed by atoms with Crippen LogP contribution in [-0.2, 0) is 11.8 Å².